The highest BCUT2D eigenvalue weighted by molar-refractivity contribution is 8.00. The van der Waals surface area contributed by atoms with E-state index in [9.17, 15) is 19.5 Å². The van der Waals surface area contributed by atoms with Crippen LogP contribution in [0.3, 0.4) is 0 Å². The number of carbonyl (C=O) groups is 3. The number of carboxylic acids is 1. The first-order valence-corrected chi connectivity index (χ1v) is 8.65. The number of rotatable bonds is 5. The summed E-state index contributed by atoms with van der Waals surface area (Å²) in [6.45, 7) is 2.44. The Kier molecular flexibility index (Phi) is 5.58. The van der Waals surface area contributed by atoms with E-state index in [1.165, 1.54) is 49.1 Å². The molecule has 0 aliphatic heterocycles. The summed E-state index contributed by atoms with van der Waals surface area (Å²) in [7, 11) is 0. The number of aromatic nitrogens is 1. The van der Waals surface area contributed by atoms with Crippen LogP contribution in [0.1, 0.15) is 24.3 Å². The van der Waals surface area contributed by atoms with Crippen molar-refractivity contribution < 1.29 is 29.0 Å². The van der Waals surface area contributed by atoms with Gasteiger partial charge in [-0.05, 0) is 30.0 Å². The van der Waals surface area contributed by atoms with Gasteiger partial charge >= 0.3 is 17.9 Å². The molecular formula is C15H13NO6S2. The molecule has 0 bridgehead atoms. The summed E-state index contributed by atoms with van der Waals surface area (Å²) in [5.74, 6) is -2.20. The Balaban J connectivity index is 2.55. The number of thioether (sulfide) groups is 1. The molecule has 1 aromatic carbocycles. The number of hydrogen-bond acceptors (Lipinski definition) is 8. The molecule has 0 unspecified atom stereocenters. The molecule has 7 nitrogen and oxygen atoms in total. The van der Waals surface area contributed by atoms with Crippen LogP contribution in [0.25, 0.3) is 10.4 Å². The van der Waals surface area contributed by atoms with Crippen molar-refractivity contribution in [3.05, 3.63) is 23.9 Å². The van der Waals surface area contributed by atoms with E-state index >= 15 is 0 Å². The normalized spacial score (nSPS) is 10.3. The lowest BCUT2D eigenvalue weighted by molar-refractivity contribution is -0.134. The average Bonchev–Trinajstić information content (AvgIpc) is 2.92. The number of benzene rings is 1. The van der Waals surface area contributed by atoms with Crippen LogP contribution in [0.5, 0.6) is 11.5 Å². The van der Waals surface area contributed by atoms with Crippen LogP contribution < -0.4 is 9.47 Å². The number of carboxylic acid groups (broad SMARTS) is 1. The predicted octanol–water partition coefficient (Wildman–Crippen LogP) is 3.08. The summed E-state index contributed by atoms with van der Waals surface area (Å²) in [6, 6.07) is 4.47. The third-order valence-corrected chi connectivity index (χ3v) is 4.79. The van der Waals surface area contributed by atoms with Gasteiger partial charge in [-0.25, -0.2) is 9.78 Å². The van der Waals surface area contributed by atoms with Crippen molar-refractivity contribution in [1.29, 1.82) is 0 Å². The van der Waals surface area contributed by atoms with Crippen LogP contribution in [-0.2, 0) is 9.59 Å². The van der Waals surface area contributed by atoms with Crippen molar-refractivity contribution in [2.75, 3.05) is 6.26 Å². The summed E-state index contributed by atoms with van der Waals surface area (Å²) >= 11 is 2.54. The summed E-state index contributed by atoms with van der Waals surface area (Å²) in [4.78, 5) is 38.3. The van der Waals surface area contributed by atoms with Crippen molar-refractivity contribution in [2.24, 2.45) is 0 Å². The maximum atomic E-state index is 11.4. The number of aromatic carboxylic acids is 1. The summed E-state index contributed by atoms with van der Waals surface area (Å²) < 4.78 is 10.6. The van der Waals surface area contributed by atoms with Crippen LogP contribution in [0.15, 0.2) is 22.5 Å². The zero-order chi connectivity index (χ0) is 17.9. The SMILES string of the molecule is CSc1nc(C(=O)O)c(-c2ccc(OC(C)=O)c(OC(C)=O)c2)s1. The van der Waals surface area contributed by atoms with E-state index in [0.29, 0.717) is 14.8 Å². The number of esters is 2. The quantitative estimate of drug-likeness (QED) is 0.488. The second-order valence-electron chi connectivity index (χ2n) is 4.52. The molecule has 0 radical (unpaired) electrons. The molecule has 0 aliphatic carbocycles. The van der Waals surface area contributed by atoms with Crippen molar-refractivity contribution in [1.82, 2.24) is 4.98 Å². The van der Waals surface area contributed by atoms with Crippen LogP contribution in [0.2, 0.25) is 0 Å². The van der Waals surface area contributed by atoms with E-state index in [-0.39, 0.29) is 17.2 Å². The number of carbonyl (C=O) groups excluding carboxylic acids is 2. The Morgan fingerprint density at radius 2 is 1.75 bits per heavy atom. The van der Waals surface area contributed by atoms with Gasteiger partial charge in [0.2, 0.25) is 0 Å². The van der Waals surface area contributed by atoms with E-state index in [0.717, 1.165) is 0 Å². The Bertz CT molecular complexity index is 814. The minimum atomic E-state index is -1.15. The lowest BCUT2D eigenvalue weighted by atomic mass is 10.1. The molecule has 24 heavy (non-hydrogen) atoms. The number of nitrogens with zero attached hydrogens (tertiary/aromatic N) is 1. The molecule has 0 saturated carbocycles. The molecule has 1 heterocycles. The van der Waals surface area contributed by atoms with Crippen molar-refractivity contribution in [2.45, 2.75) is 18.2 Å². The number of hydrogen-bond donors (Lipinski definition) is 1. The summed E-state index contributed by atoms with van der Waals surface area (Å²) in [5, 5.41) is 9.30. The molecule has 1 N–H and O–H groups in total. The fourth-order valence-corrected chi connectivity index (χ4v) is 3.40. The first-order chi connectivity index (χ1) is 11.3. The Labute approximate surface area is 145 Å². The third-order valence-electron chi connectivity index (χ3n) is 2.70. The predicted molar refractivity (Wildman–Crippen MR) is 88.9 cm³/mol. The van der Waals surface area contributed by atoms with E-state index in [1.54, 1.807) is 12.3 Å². The zero-order valence-electron chi connectivity index (χ0n) is 13.0. The molecule has 2 rings (SSSR count). The lowest BCUT2D eigenvalue weighted by Crippen LogP contribution is -2.07. The van der Waals surface area contributed by atoms with Crippen LogP contribution >= 0.6 is 23.1 Å². The third kappa shape index (κ3) is 4.12. The van der Waals surface area contributed by atoms with Gasteiger partial charge in [-0.15, -0.1) is 11.3 Å². The van der Waals surface area contributed by atoms with Gasteiger partial charge in [0.05, 0.1) is 4.88 Å². The maximum Gasteiger partial charge on any atom is 0.356 e. The molecule has 0 fully saturated rings. The van der Waals surface area contributed by atoms with Crippen molar-refractivity contribution in [3.63, 3.8) is 0 Å². The number of ether oxygens (including phenoxy) is 2. The Morgan fingerprint density at radius 3 is 2.29 bits per heavy atom. The van der Waals surface area contributed by atoms with Crippen molar-refractivity contribution in [3.8, 4) is 21.9 Å². The maximum absolute atomic E-state index is 11.4. The minimum Gasteiger partial charge on any atom is -0.476 e. The van der Waals surface area contributed by atoms with Gasteiger partial charge in [0.25, 0.3) is 0 Å². The Hall–Kier alpha value is -2.39. The second kappa shape index (κ2) is 7.45. The molecule has 0 atom stereocenters. The highest BCUT2D eigenvalue weighted by atomic mass is 32.2. The first kappa shape index (κ1) is 18.0. The minimum absolute atomic E-state index is 0.0330. The van der Waals surface area contributed by atoms with Gasteiger partial charge in [-0.1, -0.05) is 11.8 Å². The van der Waals surface area contributed by atoms with Crippen molar-refractivity contribution >= 4 is 41.0 Å². The van der Waals surface area contributed by atoms with Gasteiger partial charge in [0.1, 0.15) is 0 Å². The van der Waals surface area contributed by atoms with Crippen LogP contribution in [-0.4, -0.2) is 34.3 Å². The molecule has 9 heteroatoms. The summed E-state index contributed by atoms with van der Waals surface area (Å²) in [6.07, 6.45) is 1.79. The fourth-order valence-electron chi connectivity index (χ4n) is 1.85. The van der Waals surface area contributed by atoms with Gasteiger partial charge < -0.3 is 14.6 Å². The molecule has 0 saturated heterocycles. The standard InChI is InChI=1S/C15H13NO6S2/c1-7(17)21-10-5-4-9(6-11(10)22-8(2)18)13-12(14(19)20)16-15(23-3)24-13/h4-6H,1-3H3,(H,19,20). The highest BCUT2D eigenvalue weighted by Crippen LogP contribution is 2.38. The lowest BCUT2D eigenvalue weighted by Gasteiger charge is -2.10. The largest absolute Gasteiger partial charge is 0.476 e. The van der Waals surface area contributed by atoms with Crippen LogP contribution in [0.4, 0.5) is 0 Å². The molecule has 1 aromatic heterocycles. The van der Waals surface area contributed by atoms with E-state index in [2.05, 4.69) is 4.98 Å². The van der Waals surface area contributed by atoms with Gasteiger partial charge in [0.15, 0.2) is 21.5 Å². The second-order valence-corrected chi connectivity index (χ2v) is 6.57. The first-order valence-electron chi connectivity index (χ1n) is 6.61. The van der Waals surface area contributed by atoms with E-state index < -0.39 is 17.9 Å². The molecule has 126 valence electrons. The van der Waals surface area contributed by atoms with Gasteiger partial charge in [-0.2, -0.15) is 0 Å². The van der Waals surface area contributed by atoms with E-state index in [1.807, 2.05) is 0 Å². The average molecular weight is 367 g/mol. The molecular weight excluding hydrogens is 354 g/mol. The van der Waals surface area contributed by atoms with E-state index in [4.69, 9.17) is 9.47 Å². The topological polar surface area (TPSA) is 103 Å². The van der Waals surface area contributed by atoms with Crippen LogP contribution in [0, 0.1) is 0 Å². The smallest absolute Gasteiger partial charge is 0.356 e. The molecule has 0 spiro atoms. The number of thiazole rings is 1. The van der Waals surface area contributed by atoms with Gasteiger partial charge in [0, 0.05) is 13.8 Å². The molecule has 0 aliphatic rings. The molecule has 0 amide bonds. The zero-order valence-corrected chi connectivity index (χ0v) is 14.6. The molecule has 2 aromatic rings. The highest BCUT2D eigenvalue weighted by Gasteiger charge is 2.21. The monoisotopic (exact) mass is 367 g/mol. The summed E-state index contributed by atoms with van der Waals surface area (Å²) in [5.41, 5.74) is 0.413. The van der Waals surface area contributed by atoms with Gasteiger partial charge in [-0.3, -0.25) is 9.59 Å². The fraction of sp³-hybridized carbons (Fsp3) is 0.200. The Morgan fingerprint density at radius 1 is 1.12 bits per heavy atom.